The number of aliphatic imine (C=N–C) groups is 1. The fourth-order valence-corrected chi connectivity index (χ4v) is 4.39. The molecule has 1 fully saturated rings. The van der Waals surface area contributed by atoms with Gasteiger partial charge in [-0.3, -0.25) is 9.89 Å². The summed E-state index contributed by atoms with van der Waals surface area (Å²) in [6.45, 7) is 7.84. The largest absolute Gasteiger partial charge is 0.372 e. The van der Waals surface area contributed by atoms with Crippen LogP contribution in [0.5, 0.6) is 0 Å². The van der Waals surface area contributed by atoms with Crippen LogP contribution < -0.4 is 15.5 Å². The van der Waals surface area contributed by atoms with Crippen molar-refractivity contribution in [3.05, 3.63) is 30.3 Å². The van der Waals surface area contributed by atoms with Crippen LogP contribution in [0.25, 0.3) is 0 Å². The predicted octanol–water partition coefficient (Wildman–Crippen LogP) is 0.798. The average molecular weight is 396 g/mol. The molecule has 2 rings (SSSR count). The molecule has 7 nitrogen and oxygen atoms in total. The molecule has 1 saturated heterocycles. The zero-order valence-corrected chi connectivity index (χ0v) is 17.3. The van der Waals surface area contributed by atoms with E-state index in [0.717, 1.165) is 45.1 Å². The lowest BCUT2D eigenvalue weighted by molar-refractivity contribution is 0.299. The molecule has 27 heavy (non-hydrogen) atoms. The molecule has 0 saturated carbocycles. The Morgan fingerprint density at radius 2 is 1.81 bits per heavy atom. The molecular weight excluding hydrogens is 362 g/mol. The van der Waals surface area contributed by atoms with Crippen molar-refractivity contribution in [2.45, 2.75) is 13.3 Å². The molecular formula is C19H33N5O2S. The molecule has 0 radical (unpaired) electrons. The number of benzene rings is 1. The standard InChI is InChI=1S/C19H33N5O2S/c1-3-24(18-8-5-4-6-9-18)12-7-10-21-19(20-2)22-11-13-23-14-16-27(25,26)17-15-23/h4-6,8-9H,3,7,10-17H2,1-2H3,(H2,20,21,22). The molecule has 0 amide bonds. The molecule has 0 aromatic heterocycles. The first-order valence-corrected chi connectivity index (χ1v) is 11.5. The lowest BCUT2D eigenvalue weighted by Crippen LogP contribution is -2.46. The van der Waals surface area contributed by atoms with Gasteiger partial charge in [0, 0.05) is 58.5 Å². The summed E-state index contributed by atoms with van der Waals surface area (Å²) < 4.78 is 22.9. The molecule has 152 valence electrons. The lowest BCUT2D eigenvalue weighted by atomic mass is 10.2. The summed E-state index contributed by atoms with van der Waals surface area (Å²) >= 11 is 0. The van der Waals surface area contributed by atoms with Gasteiger partial charge in [-0.25, -0.2) is 8.42 Å². The van der Waals surface area contributed by atoms with Gasteiger partial charge in [-0.15, -0.1) is 0 Å². The quantitative estimate of drug-likeness (QED) is 0.366. The Labute approximate surface area is 163 Å². The molecule has 2 N–H and O–H groups in total. The zero-order valence-electron chi connectivity index (χ0n) is 16.5. The molecule has 0 atom stereocenters. The van der Waals surface area contributed by atoms with Crippen LogP contribution in [0.3, 0.4) is 0 Å². The summed E-state index contributed by atoms with van der Waals surface area (Å²) in [7, 11) is -1.04. The number of nitrogens with zero attached hydrogens (tertiary/aromatic N) is 3. The van der Waals surface area contributed by atoms with Crippen molar-refractivity contribution < 1.29 is 8.42 Å². The van der Waals surface area contributed by atoms with Crippen LogP contribution in [0, 0.1) is 0 Å². The maximum Gasteiger partial charge on any atom is 0.191 e. The molecule has 0 aliphatic carbocycles. The second-order valence-corrected chi connectivity index (χ2v) is 8.99. The van der Waals surface area contributed by atoms with Gasteiger partial charge in [0.2, 0.25) is 0 Å². The van der Waals surface area contributed by atoms with Crippen LogP contribution >= 0.6 is 0 Å². The van der Waals surface area contributed by atoms with Crippen LogP contribution in [0.2, 0.25) is 0 Å². The van der Waals surface area contributed by atoms with Gasteiger partial charge in [0.15, 0.2) is 15.8 Å². The van der Waals surface area contributed by atoms with Crippen LogP contribution in [0.1, 0.15) is 13.3 Å². The van der Waals surface area contributed by atoms with Gasteiger partial charge in [-0.1, -0.05) is 18.2 Å². The predicted molar refractivity (Wildman–Crippen MR) is 113 cm³/mol. The van der Waals surface area contributed by atoms with E-state index < -0.39 is 9.84 Å². The Morgan fingerprint density at radius 3 is 2.44 bits per heavy atom. The second kappa shape index (κ2) is 11.1. The molecule has 1 aliphatic heterocycles. The van der Waals surface area contributed by atoms with Gasteiger partial charge in [0.1, 0.15) is 0 Å². The van der Waals surface area contributed by atoms with Crippen molar-refractivity contribution >= 4 is 21.5 Å². The van der Waals surface area contributed by atoms with E-state index in [9.17, 15) is 8.42 Å². The van der Waals surface area contributed by atoms with Crippen LogP contribution in [-0.4, -0.2) is 83.6 Å². The number of rotatable bonds is 9. The highest BCUT2D eigenvalue weighted by Gasteiger charge is 2.20. The van der Waals surface area contributed by atoms with E-state index in [1.165, 1.54) is 5.69 Å². The number of guanidine groups is 1. The summed E-state index contributed by atoms with van der Waals surface area (Å²) in [5.41, 5.74) is 1.26. The fourth-order valence-electron chi connectivity index (χ4n) is 3.11. The van der Waals surface area contributed by atoms with E-state index in [1.54, 1.807) is 7.05 Å². The molecule has 1 aliphatic rings. The van der Waals surface area contributed by atoms with Gasteiger partial charge in [-0.05, 0) is 25.5 Å². The normalized spacial score (nSPS) is 17.5. The first-order valence-electron chi connectivity index (χ1n) is 9.71. The van der Waals surface area contributed by atoms with Crippen LogP contribution in [-0.2, 0) is 9.84 Å². The average Bonchev–Trinajstić information content (AvgIpc) is 2.68. The first-order chi connectivity index (χ1) is 13.0. The summed E-state index contributed by atoms with van der Waals surface area (Å²) in [5, 5.41) is 6.65. The highest BCUT2D eigenvalue weighted by Crippen LogP contribution is 2.12. The number of para-hydroxylation sites is 1. The third kappa shape index (κ3) is 7.76. The van der Waals surface area contributed by atoms with E-state index in [2.05, 4.69) is 56.6 Å². The van der Waals surface area contributed by atoms with Crippen LogP contribution in [0.15, 0.2) is 35.3 Å². The van der Waals surface area contributed by atoms with E-state index >= 15 is 0 Å². The van der Waals surface area contributed by atoms with Crippen molar-refractivity contribution in [3.8, 4) is 0 Å². The highest BCUT2D eigenvalue weighted by atomic mass is 32.2. The van der Waals surface area contributed by atoms with Gasteiger partial charge in [0.25, 0.3) is 0 Å². The SMILES string of the molecule is CCN(CCCNC(=NC)NCCN1CCS(=O)(=O)CC1)c1ccccc1. The number of hydrogen-bond donors (Lipinski definition) is 2. The Kier molecular flexibility index (Phi) is 8.87. The third-order valence-corrected chi connectivity index (χ3v) is 6.39. The van der Waals surface area contributed by atoms with Crippen molar-refractivity contribution in [3.63, 3.8) is 0 Å². The maximum absolute atomic E-state index is 11.5. The summed E-state index contributed by atoms with van der Waals surface area (Å²) in [5.74, 6) is 1.34. The minimum absolute atomic E-state index is 0.273. The minimum Gasteiger partial charge on any atom is -0.372 e. The zero-order chi connectivity index (χ0) is 19.5. The fraction of sp³-hybridized carbons (Fsp3) is 0.632. The van der Waals surface area contributed by atoms with Crippen molar-refractivity contribution in [1.82, 2.24) is 15.5 Å². The van der Waals surface area contributed by atoms with Crippen molar-refractivity contribution in [2.75, 3.05) is 69.3 Å². The molecule has 0 bridgehead atoms. The summed E-state index contributed by atoms with van der Waals surface area (Å²) in [6.07, 6.45) is 1.02. The second-order valence-electron chi connectivity index (χ2n) is 6.69. The number of hydrogen-bond acceptors (Lipinski definition) is 5. The van der Waals surface area contributed by atoms with E-state index in [-0.39, 0.29) is 11.5 Å². The van der Waals surface area contributed by atoms with Crippen LogP contribution in [0.4, 0.5) is 5.69 Å². The molecule has 1 aromatic carbocycles. The maximum atomic E-state index is 11.5. The molecule has 8 heteroatoms. The van der Waals surface area contributed by atoms with E-state index in [1.807, 2.05) is 6.07 Å². The number of sulfone groups is 1. The first kappa shape index (κ1) is 21.5. The van der Waals surface area contributed by atoms with Gasteiger partial charge >= 0.3 is 0 Å². The molecule has 1 heterocycles. The Bertz CT molecular complexity index is 665. The molecule has 0 unspecified atom stereocenters. The highest BCUT2D eigenvalue weighted by molar-refractivity contribution is 7.91. The van der Waals surface area contributed by atoms with Crippen molar-refractivity contribution in [1.29, 1.82) is 0 Å². The Balaban J connectivity index is 1.61. The Hall–Kier alpha value is -1.80. The summed E-state index contributed by atoms with van der Waals surface area (Å²) in [4.78, 5) is 8.80. The molecule has 1 aromatic rings. The topological polar surface area (TPSA) is 77.0 Å². The number of anilines is 1. The van der Waals surface area contributed by atoms with Gasteiger partial charge in [0.05, 0.1) is 11.5 Å². The lowest BCUT2D eigenvalue weighted by Gasteiger charge is -2.26. The molecule has 0 spiro atoms. The number of nitrogens with one attached hydrogen (secondary N) is 2. The van der Waals surface area contributed by atoms with Crippen molar-refractivity contribution in [2.24, 2.45) is 4.99 Å². The van der Waals surface area contributed by atoms with Gasteiger partial charge in [-0.2, -0.15) is 0 Å². The third-order valence-electron chi connectivity index (χ3n) is 4.78. The summed E-state index contributed by atoms with van der Waals surface area (Å²) in [6, 6.07) is 10.5. The Morgan fingerprint density at radius 1 is 1.15 bits per heavy atom. The van der Waals surface area contributed by atoms with Gasteiger partial charge < -0.3 is 15.5 Å². The van der Waals surface area contributed by atoms with E-state index in [0.29, 0.717) is 13.1 Å². The monoisotopic (exact) mass is 395 g/mol. The smallest absolute Gasteiger partial charge is 0.191 e. The van der Waals surface area contributed by atoms with E-state index in [4.69, 9.17) is 0 Å². The minimum atomic E-state index is -2.81.